The summed E-state index contributed by atoms with van der Waals surface area (Å²) in [4.78, 5) is 12.2. The lowest BCUT2D eigenvalue weighted by molar-refractivity contribution is -0.122. The average Bonchev–Trinajstić information content (AvgIpc) is 2.47. The number of amides is 1. The summed E-state index contributed by atoms with van der Waals surface area (Å²) in [6.07, 6.45) is 1.54. The Bertz CT molecular complexity index is 643. The molecule has 1 aromatic carbocycles. The summed E-state index contributed by atoms with van der Waals surface area (Å²) in [5.41, 5.74) is 1.24. The number of hydrogen-bond donors (Lipinski definition) is 3. The molecule has 0 aliphatic carbocycles. The predicted molar refractivity (Wildman–Crippen MR) is 95.2 cm³/mol. The Morgan fingerprint density at radius 2 is 2.17 bits per heavy atom. The van der Waals surface area contributed by atoms with Gasteiger partial charge in [0.2, 0.25) is 15.9 Å². The minimum absolute atomic E-state index is 0.0355. The zero-order chi connectivity index (χ0) is 16.9. The van der Waals surface area contributed by atoms with Crippen LogP contribution in [0.25, 0.3) is 0 Å². The summed E-state index contributed by atoms with van der Waals surface area (Å²) >= 11 is 1.85. The number of thioether (sulfide) groups is 1. The van der Waals surface area contributed by atoms with Gasteiger partial charge in [-0.2, -0.15) is 11.8 Å². The lowest BCUT2D eigenvalue weighted by atomic mass is 10.1. The Labute approximate surface area is 141 Å². The molecule has 1 fully saturated rings. The second-order valence-corrected chi connectivity index (χ2v) is 8.58. The molecule has 0 spiro atoms. The van der Waals surface area contributed by atoms with E-state index in [0.29, 0.717) is 12.1 Å². The van der Waals surface area contributed by atoms with E-state index >= 15 is 0 Å². The monoisotopic (exact) mass is 357 g/mol. The fraction of sp³-hybridized carbons (Fsp3) is 0.533. The zero-order valence-corrected chi connectivity index (χ0v) is 15.0. The van der Waals surface area contributed by atoms with E-state index in [1.54, 1.807) is 12.1 Å². The number of carbonyl (C=O) groups excluding carboxylic acids is 1. The third-order valence-corrected chi connectivity index (χ3v) is 5.25. The number of carbonyl (C=O) groups is 1. The van der Waals surface area contributed by atoms with Crippen molar-refractivity contribution in [2.75, 3.05) is 29.0 Å². The van der Waals surface area contributed by atoms with E-state index in [-0.39, 0.29) is 18.0 Å². The molecule has 2 unspecified atom stereocenters. The molecule has 23 heavy (non-hydrogen) atoms. The molecule has 2 rings (SSSR count). The number of para-hydroxylation sites is 1. The highest BCUT2D eigenvalue weighted by molar-refractivity contribution is 7.99. The van der Waals surface area contributed by atoms with Gasteiger partial charge in [-0.3, -0.25) is 9.52 Å². The van der Waals surface area contributed by atoms with Crippen LogP contribution in [0.3, 0.4) is 0 Å². The predicted octanol–water partition coefficient (Wildman–Crippen LogP) is 1.33. The molecule has 2 atom stereocenters. The van der Waals surface area contributed by atoms with Crippen LogP contribution in [0, 0.1) is 0 Å². The largest absolute Gasteiger partial charge is 0.349 e. The van der Waals surface area contributed by atoms with Gasteiger partial charge in [0.1, 0.15) is 0 Å². The topological polar surface area (TPSA) is 87.3 Å². The first-order valence-corrected chi connectivity index (χ1v) is 10.6. The molecule has 1 saturated heterocycles. The quantitative estimate of drug-likeness (QED) is 0.715. The molecule has 8 heteroatoms. The second kappa shape index (κ2) is 8.03. The van der Waals surface area contributed by atoms with Crippen LogP contribution >= 0.6 is 11.8 Å². The van der Waals surface area contributed by atoms with Crippen molar-refractivity contribution < 1.29 is 13.2 Å². The number of rotatable bonds is 6. The van der Waals surface area contributed by atoms with Crippen molar-refractivity contribution in [1.82, 2.24) is 10.6 Å². The van der Waals surface area contributed by atoms with Gasteiger partial charge in [-0.15, -0.1) is 0 Å². The van der Waals surface area contributed by atoms with Gasteiger partial charge < -0.3 is 10.6 Å². The minimum Gasteiger partial charge on any atom is -0.349 e. The van der Waals surface area contributed by atoms with Gasteiger partial charge in [-0.05, 0) is 18.6 Å². The Morgan fingerprint density at radius 3 is 2.83 bits per heavy atom. The highest BCUT2D eigenvalue weighted by atomic mass is 32.2. The molecule has 1 aliphatic heterocycles. The third-order valence-electron chi connectivity index (χ3n) is 3.53. The number of sulfonamides is 1. The number of hydrogen-bond acceptors (Lipinski definition) is 5. The van der Waals surface area contributed by atoms with Gasteiger partial charge in [0.05, 0.1) is 18.0 Å². The molecule has 0 bridgehead atoms. The molecule has 1 aliphatic rings. The zero-order valence-electron chi connectivity index (χ0n) is 13.3. The van der Waals surface area contributed by atoms with Gasteiger partial charge in [-0.25, -0.2) is 8.42 Å². The molecular weight excluding hydrogens is 334 g/mol. The van der Waals surface area contributed by atoms with E-state index < -0.39 is 10.0 Å². The van der Waals surface area contributed by atoms with Gasteiger partial charge in [0.15, 0.2) is 0 Å². The number of nitrogens with one attached hydrogen (secondary N) is 3. The SMILES string of the molecule is CC(NC(=O)CC1CSCCN1)c1ccccc1NS(C)(=O)=O. The fourth-order valence-corrected chi connectivity index (χ4v) is 4.05. The van der Waals surface area contributed by atoms with Gasteiger partial charge in [0, 0.05) is 30.5 Å². The maximum Gasteiger partial charge on any atom is 0.229 e. The minimum atomic E-state index is -3.36. The van der Waals surface area contributed by atoms with Gasteiger partial charge in [-0.1, -0.05) is 18.2 Å². The smallest absolute Gasteiger partial charge is 0.229 e. The maximum atomic E-state index is 12.2. The van der Waals surface area contributed by atoms with Crippen molar-refractivity contribution in [3.63, 3.8) is 0 Å². The van der Waals surface area contributed by atoms with Crippen LogP contribution < -0.4 is 15.4 Å². The third kappa shape index (κ3) is 6.04. The molecule has 128 valence electrons. The molecule has 0 saturated carbocycles. The van der Waals surface area contributed by atoms with Crippen LogP contribution in [0.1, 0.15) is 24.9 Å². The molecule has 0 radical (unpaired) electrons. The molecule has 0 aromatic heterocycles. The fourth-order valence-electron chi connectivity index (χ4n) is 2.52. The summed E-state index contributed by atoms with van der Waals surface area (Å²) in [6, 6.07) is 7.01. The van der Waals surface area contributed by atoms with Crippen LogP contribution in [0.4, 0.5) is 5.69 Å². The Morgan fingerprint density at radius 1 is 1.43 bits per heavy atom. The van der Waals surface area contributed by atoms with E-state index in [4.69, 9.17) is 0 Å². The van der Waals surface area contributed by atoms with E-state index in [1.165, 1.54) is 0 Å². The summed E-state index contributed by atoms with van der Waals surface area (Å²) in [7, 11) is -3.36. The maximum absolute atomic E-state index is 12.2. The summed E-state index contributed by atoms with van der Waals surface area (Å²) in [6.45, 7) is 2.78. The van der Waals surface area contributed by atoms with Crippen LogP contribution in [0.5, 0.6) is 0 Å². The number of benzene rings is 1. The highest BCUT2D eigenvalue weighted by Gasteiger charge is 2.19. The lowest BCUT2D eigenvalue weighted by Crippen LogP contribution is -2.41. The molecular formula is C15H23N3O3S2. The second-order valence-electron chi connectivity index (χ2n) is 5.68. The Balaban J connectivity index is 1.99. The van der Waals surface area contributed by atoms with Crippen molar-refractivity contribution in [2.45, 2.75) is 25.4 Å². The van der Waals surface area contributed by atoms with Crippen molar-refractivity contribution in [1.29, 1.82) is 0 Å². The summed E-state index contributed by atoms with van der Waals surface area (Å²) in [5, 5.41) is 6.28. The van der Waals surface area contributed by atoms with Crippen LogP contribution in [-0.2, 0) is 14.8 Å². The number of anilines is 1. The summed E-state index contributed by atoms with van der Waals surface area (Å²) in [5.74, 6) is 1.99. The highest BCUT2D eigenvalue weighted by Crippen LogP contribution is 2.23. The normalized spacial score (nSPS) is 19.8. The summed E-state index contributed by atoms with van der Waals surface area (Å²) < 4.78 is 25.4. The van der Waals surface area contributed by atoms with E-state index in [9.17, 15) is 13.2 Å². The van der Waals surface area contributed by atoms with Crippen molar-refractivity contribution >= 4 is 33.4 Å². The first-order chi connectivity index (χ1) is 10.8. The first kappa shape index (κ1) is 18.1. The van der Waals surface area contributed by atoms with Crippen LogP contribution in [-0.4, -0.2) is 44.7 Å². The molecule has 3 N–H and O–H groups in total. The lowest BCUT2D eigenvalue weighted by Gasteiger charge is -2.24. The van der Waals surface area contributed by atoms with E-state index in [1.807, 2.05) is 30.8 Å². The van der Waals surface area contributed by atoms with Gasteiger partial charge in [0.25, 0.3) is 0 Å². The van der Waals surface area contributed by atoms with E-state index in [0.717, 1.165) is 29.9 Å². The average molecular weight is 358 g/mol. The molecule has 1 aromatic rings. The van der Waals surface area contributed by atoms with Crippen LogP contribution in [0.15, 0.2) is 24.3 Å². The van der Waals surface area contributed by atoms with Crippen molar-refractivity contribution in [2.24, 2.45) is 0 Å². The molecule has 6 nitrogen and oxygen atoms in total. The Hall–Kier alpha value is -1.25. The Kier molecular flexibility index (Phi) is 6.32. The standard InChI is InChI=1S/C15H23N3O3S2/c1-11(17-15(19)9-12-10-22-8-7-16-12)13-5-3-4-6-14(13)18-23(2,20)21/h3-6,11-12,16,18H,7-10H2,1-2H3,(H,17,19). The first-order valence-electron chi connectivity index (χ1n) is 7.52. The van der Waals surface area contributed by atoms with E-state index in [2.05, 4.69) is 15.4 Å². The molecule has 1 heterocycles. The van der Waals surface area contributed by atoms with Crippen molar-refractivity contribution in [3.8, 4) is 0 Å². The van der Waals surface area contributed by atoms with Gasteiger partial charge >= 0.3 is 0 Å². The van der Waals surface area contributed by atoms with Crippen molar-refractivity contribution in [3.05, 3.63) is 29.8 Å². The molecule has 1 amide bonds. The van der Waals surface area contributed by atoms with Crippen LogP contribution in [0.2, 0.25) is 0 Å².